The molecule has 0 heterocycles. The van der Waals surface area contributed by atoms with Crippen molar-refractivity contribution in [1.82, 2.24) is 10.6 Å². The summed E-state index contributed by atoms with van der Waals surface area (Å²) in [5.41, 5.74) is 6.27. The van der Waals surface area contributed by atoms with Gasteiger partial charge in [-0.2, -0.15) is 0 Å². The summed E-state index contributed by atoms with van der Waals surface area (Å²) in [7, 11) is 0. The van der Waals surface area contributed by atoms with Crippen molar-refractivity contribution in [2.45, 2.75) is 44.7 Å². The van der Waals surface area contributed by atoms with Crippen LogP contribution in [-0.2, 0) is 20.8 Å². The molecule has 24 heavy (non-hydrogen) atoms. The van der Waals surface area contributed by atoms with Gasteiger partial charge in [-0.15, -0.1) is 6.58 Å². The molecule has 0 spiro atoms. The zero-order chi connectivity index (χ0) is 17.9. The lowest BCUT2D eigenvalue weighted by Gasteiger charge is -2.21. The maximum absolute atomic E-state index is 12.5. The molecule has 0 aliphatic heterocycles. The number of hydrogen-bond donors (Lipinski definition) is 3. The van der Waals surface area contributed by atoms with Crippen molar-refractivity contribution >= 4 is 17.7 Å². The molecule has 6 nitrogen and oxygen atoms in total. The fourth-order valence-corrected chi connectivity index (χ4v) is 2.33. The second kappa shape index (κ2) is 10.2. The molecular weight excluding hydrogens is 306 g/mol. The summed E-state index contributed by atoms with van der Waals surface area (Å²) in [6, 6.07) is 7.82. The minimum absolute atomic E-state index is 0.312. The highest BCUT2D eigenvalue weighted by Gasteiger charge is 2.24. The van der Waals surface area contributed by atoms with Crippen LogP contribution in [0.4, 0.5) is 0 Å². The third kappa shape index (κ3) is 7.09. The van der Waals surface area contributed by atoms with Gasteiger partial charge < -0.3 is 16.4 Å². The van der Waals surface area contributed by atoms with Gasteiger partial charge in [0, 0.05) is 13.3 Å². The number of primary amides is 1. The van der Waals surface area contributed by atoms with E-state index >= 15 is 0 Å². The quantitative estimate of drug-likeness (QED) is 0.441. The first-order valence-corrected chi connectivity index (χ1v) is 7.95. The Kier molecular flexibility index (Phi) is 8.25. The van der Waals surface area contributed by atoms with Gasteiger partial charge in [-0.25, -0.2) is 0 Å². The van der Waals surface area contributed by atoms with E-state index in [1.165, 1.54) is 6.92 Å². The van der Waals surface area contributed by atoms with Gasteiger partial charge in [-0.1, -0.05) is 36.4 Å². The molecule has 0 unspecified atom stereocenters. The average Bonchev–Trinajstić information content (AvgIpc) is 2.53. The Hall–Kier alpha value is -2.63. The second-order valence-electron chi connectivity index (χ2n) is 5.63. The topological polar surface area (TPSA) is 101 Å². The van der Waals surface area contributed by atoms with Gasteiger partial charge in [0.05, 0.1) is 0 Å². The molecule has 0 aliphatic carbocycles. The number of allylic oxidation sites excluding steroid dienone is 1. The predicted octanol–water partition coefficient (Wildman–Crippen LogP) is 1.06. The van der Waals surface area contributed by atoms with E-state index in [1.54, 1.807) is 6.08 Å². The molecule has 0 radical (unpaired) electrons. The average molecular weight is 331 g/mol. The Morgan fingerprint density at radius 2 is 1.83 bits per heavy atom. The van der Waals surface area contributed by atoms with Crippen LogP contribution >= 0.6 is 0 Å². The third-order valence-corrected chi connectivity index (χ3v) is 3.54. The summed E-state index contributed by atoms with van der Waals surface area (Å²) < 4.78 is 0. The Morgan fingerprint density at radius 3 is 2.38 bits per heavy atom. The molecule has 0 saturated heterocycles. The molecule has 0 saturated carbocycles. The van der Waals surface area contributed by atoms with Gasteiger partial charge in [0.25, 0.3) is 0 Å². The fourth-order valence-electron chi connectivity index (χ4n) is 2.33. The van der Waals surface area contributed by atoms with Gasteiger partial charge in [0.1, 0.15) is 12.1 Å². The lowest BCUT2D eigenvalue weighted by atomic mass is 10.0. The maximum atomic E-state index is 12.5. The van der Waals surface area contributed by atoms with E-state index < -0.39 is 23.9 Å². The minimum atomic E-state index is -0.760. The molecule has 6 heteroatoms. The largest absolute Gasteiger partial charge is 0.368 e. The van der Waals surface area contributed by atoms with E-state index in [2.05, 4.69) is 17.2 Å². The van der Waals surface area contributed by atoms with E-state index in [4.69, 9.17) is 5.73 Å². The molecule has 1 aromatic rings. The number of benzene rings is 1. The van der Waals surface area contributed by atoms with E-state index in [0.717, 1.165) is 12.0 Å². The van der Waals surface area contributed by atoms with Gasteiger partial charge in [-0.05, 0) is 24.8 Å². The normalized spacial score (nSPS) is 12.7. The maximum Gasteiger partial charge on any atom is 0.243 e. The van der Waals surface area contributed by atoms with E-state index in [1.807, 2.05) is 30.3 Å². The first-order valence-electron chi connectivity index (χ1n) is 7.95. The highest BCUT2D eigenvalue weighted by Crippen LogP contribution is 2.06. The van der Waals surface area contributed by atoms with Crippen LogP contribution in [0, 0.1) is 0 Å². The number of carbonyl (C=O) groups excluding carboxylic acids is 3. The summed E-state index contributed by atoms with van der Waals surface area (Å²) in [6.07, 6.45) is 3.95. The Labute approximate surface area is 142 Å². The Balaban J connectivity index is 2.76. The predicted molar refractivity (Wildman–Crippen MR) is 92.9 cm³/mol. The number of rotatable bonds is 10. The molecule has 3 amide bonds. The van der Waals surface area contributed by atoms with Crippen molar-refractivity contribution in [3.63, 3.8) is 0 Å². The lowest BCUT2D eigenvalue weighted by molar-refractivity contribution is -0.130. The summed E-state index contributed by atoms with van der Waals surface area (Å²) in [4.78, 5) is 35.4. The number of carbonyl (C=O) groups is 3. The fraction of sp³-hybridized carbons (Fsp3) is 0.389. The molecule has 0 aromatic heterocycles. The molecule has 0 bridgehead atoms. The zero-order valence-electron chi connectivity index (χ0n) is 14.0. The van der Waals surface area contributed by atoms with Crippen LogP contribution in [-0.4, -0.2) is 29.8 Å². The van der Waals surface area contributed by atoms with Gasteiger partial charge in [0.15, 0.2) is 0 Å². The summed E-state index contributed by atoms with van der Waals surface area (Å²) in [5.74, 6) is -1.32. The van der Waals surface area contributed by atoms with Crippen molar-refractivity contribution < 1.29 is 14.4 Å². The number of hydrogen-bond acceptors (Lipinski definition) is 3. The summed E-state index contributed by atoms with van der Waals surface area (Å²) in [5, 5.41) is 5.26. The molecule has 1 aromatic carbocycles. The van der Waals surface area contributed by atoms with Gasteiger partial charge in [0.2, 0.25) is 17.7 Å². The first-order chi connectivity index (χ1) is 11.4. The second-order valence-corrected chi connectivity index (χ2v) is 5.63. The molecule has 2 atom stereocenters. The minimum Gasteiger partial charge on any atom is -0.368 e. The van der Waals surface area contributed by atoms with Crippen molar-refractivity contribution in [2.24, 2.45) is 5.73 Å². The smallest absolute Gasteiger partial charge is 0.243 e. The van der Waals surface area contributed by atoms with Crippen molar-refractivity contribution in [3.8, 4) is 0 Å². The van der Waals surface area contributed by atoms with E-state index in [0.29, 0.717) is 19.3 Å². The molecule has 0 aliphatic rings. The molecule has 130 valence electrons. The van der Waals surface area contributed by atoms with Crippen molar-refractivity contribution in [1.29, 1.82) is 0 Å². The standard InChI is InChI=1S/C18H25N3O3/c1-3-4-6-11-15(17(19)23)21-18(24)16(20-13(2)22)12-14-9-7-5-8-10-14/h3,5,7-10,15-16H,1,4,6,11-12H2,2H3,(H2,19,23)(H,20,22)(H,21,24)/t15-,16+/m0/s1. The number of nitrogens with two attached hydrogens (primary N) is 1. The van der Waals surface area contributed by atoms with Crippen LogP contribution in [0.25, 0.3) is 0 Å². The van der Waals surface area contributed by atoms with Crippen LogP contribution in [0.3, 0.4) is 0 Å². The van der Waals surface area contributed by atoms with Crippen LogP contribution in [0.2, 0.25) is 0 Å². The Bertz CT molecular complexity index is 572. The lowest BCUT2D eigenvalue weighted by Crippen LogP contribution is -2.53. The van der Waals surface area contributed by atoms with Crippen LogP contribution < -0.4 is 16.4 Å². The van der Waals surface area contributed by atoms with Crippen LogP contribution in [0.5, 0.6) is 0 Å². The zero-order valence-corrected chi connectivity index (χ0v) is 14.0. The molecule has 4 N–H and O–H groups in total. The first kappa shape index (κ1) is 19.4. The number of amides is 3. The van der Waals surface area contributed by atoms with E-state index in [-0.39, 0.29) is 5.91 Å². The van der Waals surface area contributed by atoms with Crippen molar-refractivity contribution in [2.75, 3.05) is 0 Å². The summed E-state index contributed by atoms with van der Waals surface area (Å²) >= 11 is 0. The third-order valence-electron chi connectivity index (χ3n) is 3.54. The highest BCUT2D eigenvalue weighted by atomic mass is 16.2. The van der Waals surface area contributed by atoms with E-state index in [9.17, 15) is 14.4 Å². The van der Waals surface area contributed by atoms with Gasteiger partial charge in [-0.3, -0.25) is 14.4 Å². The number of nitrogens with one attached hydrogen (secondary N) is 2. The Morgan fingerprint density at radius 1 is 1.17 bits per heavy atom. The van der Waals surface area contributed by atoms with Gasteiger partial charge >= 0.3 is 0 Å². The van der Waals surface area contributed by atoms with Crippen LogP contribution in [0.1, 0.15) is 31.7 Å². The SMILES string of the molecule is C=CCCC[C@H](NC(=O)[C@@H](Cc1ccccc1)NC(C)=O)C(N)=O. The monoisotopic (exact) mass is 331 g/mol. The highest BCUT2D eigenvalue weighted by molar-refractivity contribution is 5.91. The number of unbranched alkanes of at least 4 members (excludes halogenated alkanes) is 1. The van der Waals surface area contributed by atoms with Crippen LogP contribution in [0.15, 0.2) is 43.0 Å². The molecule has 1 rings (SSSR count). The molecule has 0 fully saturated rings. The van der Waals surface area contributed by atoms with Crippen molar-refractivity contribution in [3.05, 3.63) is 48.6 Å². The summed E-state index contributed by atoms with van der Waals surface area (Å²) in [6.45, 7) is 4.97. The molecular formula is C18H25N3O3.